The highest BCUT2D eigenvalue weighted by Crippen LogP contribution is 1.83. The van der Waals surface area contributed by atoms with Crippen molar-refractivity contribution in [1.82, 2.24) is 0 Å². The molecule has 0 aliphatic heterocycles. The monoisotopic (exact) mass is 146 g/mol. The first-order chi connectivity index (χ1) is 4.85. The number of nitrogens with zero attached hydrogens (tertiary/aromatic N) is 1. The fourth-order valence-electron chi connectivity index (χ4n) is 0.367. The van der Waals surface area contributed by atoms with Crippen molar-refractivity contribution in [2.75, 3.05) is 19.8 Å². The lowest BCUT2D eigenvalue weighted by Gasteiger charge is -1.90. The molecule has 58 valence electrons. The quantitative estimate of drug-likeness (QED) is 0.542. The highest BCUT2D eigenvalue weighted by molar-refractivity contribution is 5.78. The van der Waals surface area contributed by atoms with Gasteiger partial charge >= 0.3 is 0 Å². The predicted molar refractivity (Wildman–Crippen MR) is 38.7 cm³/mol. The Kier molecular flexibility index (Phi) is 5.66. The lowest BCUT2D eigenvalue weighted by atomic mass is 10.3. The molecule has 0 aromatic carbocycles. The van der Waals surface area contributed by atoms with E-state index in [0.29, 0.717) is 5.57 Å². The van der Waals surface area contributed by atoms with E-state index in [0.717, 1.165) is 0 Å². The smallest absolute Gasteiger partial charge is 0.109 e. The van der Waals surface area contributed by atoms with Crippen molar-refractivity contribution in [1.29, 1.82) is 0 Å². The van der Waals surface area contributed by atoms with Gasteiger partial charge in [-0.3, -0.25) is 4.99 Å². The van der Waals surface area contributed by atoms with Crippen LogP contribution in [0.1, 0.15) is 0 Å². The van der Waals surface area contributed by atoms with Crippen LogP contribution in [0.15, 0.2) is 16.8 Å². The number of hydrogen-bond acceptors (Lipinski definition) is 3. The van der Waals surface area contributed by atoms with Gasteiger partial charge in [-0.2, -0.15) is 0 Å². The SMILES string of the molecule is NC=C(C=NCCF)CO. The largest absolute Gasteiger partial charge is 0.404 e. The molecule has 0 aromatic heterocycles. The molecule has 0 aliphatic rings. The van der Waals surface area contributed by atoms with Crippen LogP contribution in [0.2, 0.25) is 0 Å². The maximum Gasteiger partial charge on any atom is 0.109 e. The standard InChI is InChI=1S/C6H11FN2O/c7-1-2-9-4-6(3-8)5-10/h3-4,10H,1-2,5,8H2. The number of alkyl halides is 1. The first-order valence-electron chi connectivity index (χ1n) is 2.92. The van der Waals surface area contributed by atoms with E-state index < -0.39 is 6.67 Å². The lowest BCUT2D eigenvalue weighted by Crippen LogP contribution is -1.97. The summed E-state index contributed by atoms with van der Waals surface area (Å²) in [5.41, 5.74) is 5.55. The average molecular weight is 146 g/mol. The molecule has 0 spiro atoms. The molecule has 0 amide bonds. The zero-order valence-electron chi connectivity index (χ0n) is 5.63. The van der Waals surface area contributed by atoms with Crippen LogP contribution in [0.25, 0.3) is 0 Å². The van der Waals surface area contributed by atoms with Gasteiger partial charge in [0.2, 0.25) is 0 Å². The molecule has 4 heteroatoms. The summed E-state index contributed by atoms with van der Waals surface area (Å²) in [6, 6.07) is 0. The molecule has 3 N–H and O–H groups in total. The molecule has 0 unspecified atom stereocenters. The van der Waals surface area contributed by atoms with Crippen LogP contribution in [0, 0.1) is 0 Å². The number of hydrogen-bond donors (Lipinski definition) is 2. The lowest BCUT2D eigenvalue weighted by molar-refractivity contribution is 0.337. The molecule has 0 saturated carbocycles. The molecule has 0 atom stereocenters. The van der Waals surface area contributed by atoms with Gasteiger partial charge in [-0.1, -0.05) is 0 Å². The zero-order valence-corrected chi connectivity index (χ0v) is 5.63. The Hall–Kier alpha value is -0.900. The Bertz CT molecular complexity index is 134. The first kappa shape index (κ1) is 9.10. The van der Waals surface area contributed by atoms with Crippen LogP contribution < -0.4 is 5.73 Å². The maximum absolute atomic E-state index is 11.4. The van der Waals surface area contributed by atoms with Gasteiger partial charge in [0, 0.05) is 18.0 Å². The highest BCUT2D eigenvalue weighted by Gasteiger charge is 1.85. The van der Waals surface area contributed by atoms with Crippen molar-refractivity contribution < 1.29 is 9.50 Å². The second-order valence-corrected chi connectivity index (χ2v) is 1.62. The van der Waals surface area contributed by atoms with Crippen LogP contribution in [0.3, 0.4) is 0 Å². The Morgan fingerprint density at radius 2 is 2.40 bits per heavy atom. The van der Waals surface area contributed by atoms with Crippen LogP contribution in [-0.2, 0) is 0 Å². The molecule has 0 aliphatic carbocycles. The van der Waals surface area contributed by atoms with Crippen LogP contribution in [0.4, 0.5) is 4.39 Å². The van der Waals surface area contributed by atoms with E-state index in [1.807, 2.05) is 0 Å². The van der Waals surface area contributed by atoms with Gasteiger partial charge < -0.3 is 10.8 Å². The Balaban J connectivity index is 3.63. The number of rotatable bonds is 4. The average Bonchev–Trinajstić information content (AvgIpc) is 1.99. The summed E-state index contributed by atoms with van der Waals surface area (Å²) in [5, 5.41) is 8.49. The van der Waals surface area contributed by atoms with Crippen molar-refractivity contribution in [3.8, 4) is 0 Å². The number of nitrogens with two attached hydrogens (primary N) is 1. The van der Waals surface area contributed by atoms with E-state index in [1.54, 1.807) is 0 Å². The molecular formula is C6H11FN2O. The van der Waals surface area contributed by atoms with Gasteiger partial charge in [0.15, 0.2) is 0 Å². The Morgan fingerprint density at radius 3 is 2.80 bits per heavy atom. The topological polar surface area (TPSA) is 58.6 Å². The third-order valence-electron chi connectivity index (χ3n) is 0.867. The van der Waals surface area contributed by atoms with Gasteiger partial charge in [-0.15, -0.1) is 0 Å². The summed E-state index contributed by atoms with van der Waals surface area (Å²) in [7, 11) is 0. The molecular weight excluding hydrogens is 135 g/mol. The second kappa shape index (κ2) is 6.22. The van der Waals surface area contributed by atoms with E-state index in [1.165, 1.54) is 12.4 Å². The Morgan fingerprint density at radius 1 is 1.70 bits per heavy atom. The first-order valence-corrected chi connectivity index (χ1v) is 2.92. The molecule has 0 fully saturated rings. The van der Waals surface area contributed by atoms with E-state index in [2.05, 4.69) is 4.99 Å². The zero-order chi connectivity index (χ0) is 7.82. The summed E-state index contributed by atoms with van der Waals surface area (Å²) in [5.74, 6) is 0. The van der Waals surface area contributed by atoms with Gasteiger partial charge in [0.05, 0.1) is 13.2 Å². The molecule has 0 saturated heterocycles. The summed E-state index contributed by atoms with van der Waals surface area (Å²) in [6.45, 7) is -0.524. The third kappa shape index (κ3) is 4.03. The van der Waals surface area contributed by atoms with Crippen molar-refractivity contribution in [3.63, 3.8) is 0 Å². The minimum absolute atomic E-state index is 0.122. The minimum atomic E-state index is -0.486. The summed E-state index contributed by atoms with van der Waals surface area (Å²) in [4.78, 5) is 3.62. The fourth-order valence-corrected chi connectivity index (χ4v) is 0.367. The predicted octanol–water partition coefficient (Wildman–Crippen LogP) is -0.138. The molecule has 0 radical (unpaired) electrons. The van der Waals surface area contributed by atoms with E-state index in [9.17, 15) is 4.39 Å². The van der Waals surface area contributed by atoms with Gasteiger partial charge in [0.25, 0.3) is 0 Å². The summed E-state index contributed by atoms with van der Waals surface area (Å²) < 4.78 is 11.4. The molecule has 10 heavy (non-hydrogen) atoms. The number of aliphatic imine (C=N–C) groups is 1. The highest BCUT2D eigenvalue weighted by atomic mass is 19.1. The Labute approximate surface area is 59.1 Å². The van der Waals surface area contributed by atoms with Crippen LogP contribution >= 0.6 is 0 Å². The fraction of sp³-hybridized carbons (Fsp3) is 0.500. The van der Waals surface area contributed by atoms with E-state index in [4.69, 9.17) is 10.8 Å². The molecule has 0 heterocycles. The number of aliphatic hydroxyl groups excluding tert-OH is 1. The van der Waals surface area contributed by atoms with Crippen LogP contribution in [-0.4, -0.2) is 31.1 Å². The van der Waals surface area contributed by atoms with Crippen molar-refractivity contribution in [2.45, 2.75) is 0 Å². The number of aliphatic hydroxyl groups is 1. The third-order valence-corrected chi connectivity index (χ3v) is 0.867. The summed E-state index contributed by atoms with van der Waals surface area (Å²) in [6.07, 6.45) is 2.60. The second-order valence-electron chi connectivity index (χ2n) is 1.62. The van der Waals surface area contributed by atoms with Crippen LogP contribution in [0.5, 0.6) is 0 Å². The van der Waals surface area contributed by atoms with Crippen molar-refractivity contribution in [2.24, 2.45) is 10.7 Å². The minimum Gasteiger partial charge on any atom is -0.404 e. The summed E-state index contributed by atoms with van der Waals surface area (Å²) >= 11 is 0. The van der Waals surface area contributed by atoms with E-state index >= 15 is 0 Å². The number of halogens is 1. The van der Waals surface area contributed by atoms with Gasteiger partial charge in [0.1, 0.15) is 6.67 Å². The molecule has 3 nitrogen and oxygen atoms in total. The normalized spacial score (nSPS) is 12.8. The molecule has 0 bridgehead atoms. The maximum atomic E-state index is 11.4. The van der Waals surface area contributed by atoms with Gasteiger partial charge in [-0.05, 0) is 0 Å². The van der Waals surface area contributed by atoms with E-state index in [-0.39, 0.29) is 13.2 Å². The van der Waals surface area contributed by atoms with Crippen molar-refractivity contribution >= 4 is 6.21 Å². The molecule has 0 aromatic rings. The van der Waals surface area contributed by atoms with Gasteiger partial charge in [-0.25, -0.2) is 4.39 Å². The molecule has 0 rings (SSSR count). The van der Waals surface area contributed by atoms with Crippen molar-refractivity contribution in [3.05, 3.63) is 11.8 Å².